The average Bonchev–Trinajstić information content (AvgIpc) is 2.65. The average molecular weight is 257 g/mol. The van der Waals surface area contributed by atoms with E-state index in [0.29, 0.717) is 25.4 Å². The molecule has 0 aromatic heterocycles. The minimum atomic E-state index is -0.680. The molecule has 2 aliphatic rings. The van der Waals surface area contributed by atoms with E-state index < -0.39 is 5.54 Å². The number of amidine groups is 1. The summed E-state index contributed by atoms with van der Waals surface area (Å²) < 4.78 is 5.65. The molecule has 0 saturated carbocycles. The summed E-state index contributed by atoms with van der Waals surface area (Å²) >= 11 is 0. The molecule has 1 atom stereocenters. The Balaban J connectivity index is 2.19. The SMILES string of the molecule is C=CCN1C(=O)N=C(N)C12CCOc1ccccc12. The second-order valence-corrected chi connectivity index (χ2v) is 4.63. The summed E-state index contributed by atoms with van der Waals surface area (Å²) in [5.41, 5.74) is 6.29. The summed E-state index contributed by atoms with van der Waals surface area (Å²) in [5.74, 6) is 1.10. The van der Waals surface area contributed by atoms with Gasteiger partial charge in [-0.1, -0.05) is 24.3 Å². The number of hydrogen-bond donors (Lipinski definition) is 1. The Bertz CT molecular complexity index is 582. The van der Waals surface area contributed by atoms with Crippen LogP contribution < -0.4 is 10.5 Å². The number of benzene rings is 1. The van der Waals surface area contributed by atoms with Crippen molar-refractivity contribution in [3.63, 3.8) is 0 Å². The lowest BCUT2D eigenvalue weighted by Crippen LogP contribution is -2.54. The maximum absolute atomic E-state index is 12.0. The summed E-state index contributed by atoms with van der Waals surface area (Å²) in [6.45, 7) is 4.62. The summed E-state index contributed by atoms with van der Waals surface area (Å²) in [5, 5.41) is 0. The van der Waals surface area contributed by atoms with Gasteiger partial charge in [-0.05, 0) is 6.07 Å². The molecule has 0 bridgehead atoms. The van der Waals surface area contributed by atoms with E-state index in [1.165, 1.54) is 0 Å². The van der Waals surface area contributed by atoms with E-state index in [-0.39, 0.29) is 6.03 Å². The Morgan fingerprint density at radius 3 is 3.11 bits per heavy atom. The molecule has 0 saturated heterocycles. The van der Waals surface area contributed by atoms with E-state index in [4.69, 9.17) is 10.5 Å². The van der Waals surface area contributed by atoms with Crippen molar-refractivity contribution in [2.24, 2.45) is 10.7 Å². The van der Waals surface area contributed by atoms with Crippen molar-refractivity contribution in [2.75, 3.05) is 13.2 Å². The molecule has 2 aliphatic heterocycles. The summed E-state index contributed by atoms with van der Waals surface area (Å²) in [6, 6.07) is 7.33. The third kappa shape index (κ3) is 1.47. The predicted molar refractivity (Wildman–Crippen MR) is 72.2 cm³/mol. The normalized spacial score (nSPS) is 24.9. The lowest BCUT2D eigenvalue weighted by Gasteiger charge is -2.41. The highest BCUT2D eigenvalue weighted by atomic mass is 16.5. The minimum Gasteiger partial charge on any atom is -0.493 e. The number of fused-ring (bicyclic) bond motifs is 2. The Labute approximate surface area is 111 Å². The van der Waals surface area contributed by atoms with Gasteiger partial charge in [-0.3, -0.25) is 0 Å². The number of nitrogens with zero attached hydrogens (tertiary/aromatic N) is 2. The van der Waals surface area contributed by atoms with Crippen molar-refractivity contribution in [2.45, 2.75) is 12.0 Å². The number of amides is 2. The van der Waals surface area contributed by atoms with E-state index in [2.05, 4.69) is 11.6 Å². The largest absolute Gasteiger partial charge is 0.493 e. The monoisotopic (exact) mass is 257 g/mol. The molecule has 2 heterocycles. The molecule has 1 aromatic carbocycles. The molecule has 98 valence electrons. The molecule has 19 heavy (non-hydrogen) atoms. The molecule has 3 rings (SSSR count). The van der Waals surface area contributed by atoms with Crippen LogP contribution in [0.15, 0.2) is 41.9 Å². The summed E-state index contributed by atoms with van der Waals surface area (Å²) in [7, 11) is 0. The standard InChI is InChI=1S/C14H15N3O2/c1-2-8-17-13(18)16-12(15)14(17)7-9-19-11-6-4-3-5-10(11)14/h2-6H,1,7-9H2,(H2,15,16,18). The van der Waals surface area contributed by atoms with Crippen LogP contribution in [-0.4, -0.2) is 29.9 Å². The number of rotatable bonds is 2. The molecule has 5 nitrogen and oxygen atoms in total. The fourth-order valence-electron chi connectivity index (χ4n) is 2.84. The van der Waals surface area contributed by atoms with Crippen LogP contribution in [0.1, 0.15) is 12.0 Å². The smallest absolute Gasteiger partial charge is 0.346 e. The van der Waals surface area contributed by atoms with Gasteiger partial charge in [0.15, 0.2) is 0 Å². The molecule has 2 amide bonds. The molecule has 1 spiro atoms. The summed E-state index contributed by atoms with van der Waals surface area (Å²) in [6.07, 6.45) is 2.30. The number of urea groups is 1. The number of carbonyl (C=O) groups excluding carboxylic acids is 1. The first-order valence-electron chi connectivity index (χ1n) is 6.19. The van der Waals surface area contributed by atoms with Crippen LogP contribution in [0, 0.1) is 0 Å². The number of para-hydroxylation sites is 1. The zero-order valence-electron chi connectivity index (χ0n) is 10.5. The topological polar surface area (TPSA) is 67.9 Å². The highest BCUT2D eigenvalue weighted by molar-refractivity contribution is 6.06. The predicted octanol–water partition coefficient (Wildman–Crippen LogP) is 1.64. The molecule has 1 unspecified atom stereocenters. The number of nitrogens with two attached hydrogens (primary N) is 1. The van der Waals surface area contributed by atoms with Gasteiger partial charge in [-0.25, -0.2) is 4.79 Å². The zero-order valence-corrected chi connectivity index (χ0v) is 10.5. The lowest BCUT2D eigenvalue weighted by molar-refractivity contribution is 0.138. The first-order valence-corrected chi connectivity index (χ1v) is 6.19. The summed E-state index contributed by atoms with van der Waals surface area (Å²) in [4.78, 5) is 17.6. The molecular weight excluding hydrogens is 242 g/mol. The van der Waals surface area contributed by atoms with E-state index in [1.807, 2.05) is 24.3 Å². The van der Waals surface area contributed by atoms with Crippen molar-refractivity contribution >= 4 is 11.9 Å². The number of hydrogen-bond acceptors (Lipinski definition) is 3. The van der Waals surface area contributed by atoms with Gasteiger partial charge in [0, 0.05) is 18.5 Å². The molecule has 0 radical (unpaired) electrons. The molecule has 1 aromatic rings. The van der Waals surface area contributed by atoms with Gasteiger partial charge in [-0.15, -0.1) is 6.58 Å². The van der Waals surface area contributed by atoms with Crippen LogP contribution >= 0.6 is 0 Å². The van der Waals surface area contributed by atoms with Gasteiger partial charge in [-0.2, -0.15) is 4.99 Å². The third-order valence-corrected chi connectivity index (χ3v) is 3.70. The van der Waals surface area contributed by atoms with E-state index in [9.17, 15) is 4.79 Å². The van der Waals surface area contributed by atoms with Crippen molar-refractivity contribution in [1.82, 2.24) is 4.90 Å². The Morgan fingerprint density at radius 1 is 1.53 bits per heavy atom. The highest BCUT2D eigenvalue weighted by Gasteiger charge is 2.52. The van der Waals surface area contributed by atoms with Crippen LogP contribution in [-0.2, 0) is 5.54 Å². The van der Waals surface area contributed by atoms with Gasteiger partial charge in [0.05, 0.1) is 6.61 Å². The van der Waals surface area contributed by atoms with Crippen LogP contribution in [0.25, 0.3) is 0 Å². The zero-order chi connectivity index (χ0) is 13.5. The molecule has 0 fully saturated rings. The van der Waals surface area contributed by atoms with Crippen LogP contribution in [0.2, 0.25) is 0 Å². The number of aliphatic imine (C=N–C) groups is 1. The maximum Gasteiger partial charge on any atom is 0.346 e. The van der Waals surface area contributed by atoms with Crippen molar-refractivity contribution in [1.29, 1.82) is 0 Å². The molecule has 0 aliphatic carbocycles. The van der Waals surface area contributed by atoms with Gasteiger partial charge in [0.25, 0.3) is 0 Å². The molecule has 2 N–H and O–H groups in total. The Hall–Kier alpha value is -2.30. The molecular formula is C14H15N3O2. The Kier molecular flexibility index (Phi) is 2.55. The minimum absolute atomic E-state index is 0.311. The van der Waals surface area contributed by atoms with Crippen LogP contribution in [0.3, 0.4) is 0 Å². The fourth-order valence-corrected chi connectivity index (χ4v) is 2.84. The second-order valence-electron chi connectivity index (χ2n) is 4.63. The van der Waals surface area contributed by atoms with Gasteiger partial charge in [0.2, 0.25) is 0 Å². The van der Waals surface area contributed by atoms with Crippen LogP contribution in [0.5, 0.6) is 5.75 Å². The van der Waals surface area contributed by atoms with E-state index in [1.54, 1.807) is 11.0 Å². The third-order valence-electron chi connectivity index (χ3n) is 3.70. The maximum atomic E-state index is 12.0. The Morgan fingerprint density at radius 2 is 2.32 bits per heavy atom. The highest BCUT2D eigenvalue weighted by Crippen LogP contribution is 2.44. The fraction of sp³-hybridized carbons (Fsp3) is 0.286. The van der Waals surface area contributed by atoms with E-state index >= 15 is 0 Å². The van der Waals surface area contributed by atoms with Crippen LogP contribution in [0.4, 0.5) is 4.79 Å². The quantitative estimate of drug-likeness (QED) is 0.819. The van der Waals surface area contributed by atoms with Gasteiger partial charge >= 0.3 is 6.03 Å². The van der Waals surface area contributed by atoms with Crippen molar-refractivity contribution in [3.8, 4) is 5.75 Å². The number of carbonyl (C=O) groups is 1. The van der Waals surface area contributed by atoms with Crippen molar-refractivity contribution < 1.29 is 9.53 Å². The van der Waals surface area contributed by atoms with Gasteiger partial charge < -0.3 is 15.4 Å². The second kappa shape index (κ2) is 4.12. The van der Waals surface area contributed by atoms with E-state index in [0.717, 1.165) is 11.3 Å². The molecule has 5 heteroatoms. The number of ether oxygens (including phenoxy) is 1. The van der Waals surface area contributed by atoms with Crippen molar-refractivity contribution in [3.05, 3.63) is 42.5 Å². The lowest BCUT2D eigenvalue weighted by atomic mass is 9.82. The van der Waals surface area contributed by atoms with Gasteiger partial charge in [0.1, 0.15) is 17.1 Å². The first-order chi connectivity index (χ1) is 9.20. The first kappa shape index (κ1) is 11.8.